The fourth-order valence-electron chi connectivity index (χ4n) is 5.71. The van der Waals surface area contributed by atoms with Crippen LogP contribution in [0.15, 0.2) is 70.6 Å². The maximum absolute atomic E-state index is 4.98. The van der Waals surface area contributed by atoms with Gasteiger partial charge in [0.05, 0.1) is 11.4 Å². The molecule has 7 rings (SSSR count). The van der Waals surface area contributed by atoms with E-state index >= 15 is 0 Å². The quantitative estimate of drug-likeness (QED) is 0.266. The van der Waals surface area contributed by atoms with Crippen molar-refractivity contribution in [3.63, 3.8) is 0 Å². The normalized spacial score (nSPS) is 16.8. The summed E-state index contributed by atoms with van der Waals surface area (Å²) in [6, 6.07) is 21.5. The van der Waals surface area contributed by atoms with Crippen LogP contribution >= 0.6 is 0 Å². The summed E-state index contributed by atoms with van der Waals surface area (Å²) < 4.78 is 0. The number of hydrogen-bond donors (Lipinski definition) is 2. The molecule has 0 amide bonds. The van der Waals surface area contributed by atoms with Crippen molar-refractivity contribution >= 4 is 56.5 Å². The minimum Gasteiger partial charge on any atom is -0.358 e. The monoisotopic (exact) mass is 466 g/mol. The van der Waals surface area contributed by atoms with Crippen molar-refractivity contribution in [1.29, 1.82) is 0 Å². The highest BCUT2D eigenvalue weighted by Crippen LogP contribution is 2.39. The number of H-pyrrole nitrogens is 2. The fraction of sp³-hybridized carbons (Fsp3) is 0.125. The third-order valence-electron chi connectivity index (χ3n) is 7.51. The molecule has 2 aliphatic rings. The molecule has 2 N–H and O–H groups in total. The van der Waals surface area contributed by atoms with Crippen molar-refractivity contribution in [3.05, 3.63) is 106 Å². The first kappa shape index (κ1) is 20.9. The molecule has 0 saturated carbocycles. The van der Waals surface area contributed by atoms with E-state index in [1.54, 1.807) is 0 Å². The third kappa shape index (κ3) is 3.01. The van der Waals surface area contributed by atoms with Gasteiger partial charge in [0.25, 0.3) is 0 Å². The van der Waals surface area contributed by atoms with Gasteiger partial charge in [-0.3, -0.25) is 9.98 Å². The Hall–Kier alpha value is -4.44. The molecular formula is C32H26N4. The van der Waals surface area contributed by atoms with Gasteiger partial charge in [0.1, 0.15) is 0 Å². The molecule has 0 aliphatic carbocycles. The Morgan fingerprint density at radius 3 is 1.33 bits per heavy atom. The molecule has 174 valence electrons. The van der Waals surface area contributed by atoms with Gasteiger partial charge in [0, 0.05) is 78.0 Å². The van der Waals surface area contributed by atoms with Gasteiger partial charge < -0.3 is 9.97 Å². The molecule has 0 atom stereocenters. The summed E-state index contributed by atoms with van der Waals surface area (Å²) in [5, 5.41) is 4.95. The predicted molar refractivity (Wildman–Crippen MR) is 153 cm³/mol. The lowest BCUT2D eigenvalue weighted by atomic mass is 9.94. The third-order valence-corrected chi connectivity index (χ3v) is 7.51. The predicted octanol–water partition coefficient (Wildman–Crippen LogP) is 7.91. The largest absolute Gasteiger partial charge is 0.358 e. The minimum absolute atomic E-state index is 0.994. The average molecular weight is 467 g/mol. The van der Waals surface area contributed by atoms with Gasteiger partial charge in [-0.1, -0.05) is 48.5 Å². The van der Waals surface area contributed by atoms with Gasteiger partial charge in [-0.25, -0.2) is 0 Å². The molecule has 4 heterocycles. The smallest absolute Gasteiger partial charge is 0.0733 e. The molecule has 0 spiro atoms. The van der Waals surface area contributed by atoms with Crippen LogP contribution < -0.4 is 0 Å². The number of aryl methyl sites for hydroxylation is 2. The Labute approximate surface area is 209 Å². The minimum atomic E-state index is 0.994. The Kier molecular flexibility index (Phi) is 4.37. The number of nitrogens with zero attached hydrogens (tertiary/aromatic N) is 2. The summed E-state index contributed by atoms with van der Waals surface area (Å²) in [6.07, 6.45) is 4.37. The zero-order valence-corrected chi connectivity index (χ0v) is 20.8. The molecule has 0 bridgehead atoms. The second kappa shape index (κ2) is 7.53. The molecule has 4 heteroatoms. The number of aromatic nitrogens is 2. The molecule has 2 aromatic heterocycles. The van der Waals surface area contributed by atoms with Crippen LogP contribution in [0.2, 0.25) is 0 Å². The van der Waals surface area contributed by atoms with Crippen LogP contribution in [0.3, 0.4) is 0 Å². The molecular weight excluding hydrogens is 440 g/mol. The Morgan fingerprint density at radius 1 is 0.528 bits per heavy atom. The van der Waals surface area contributed by atoms with Crippen LogP contribution in [0.1, 0.15) is 58.9 Å². The highest BCUT2D eigenvalue weighted by Gasteiger charge is 2.26. The maximum atomic E-state index is 4.98. The van der Waals surface area contributed by atoms with Crippen LogP contribution in [-0.4, -0.2) is 21.4 Å². The van der Waals surface area contributed by atoms with Gasteiger partial charge >= 0.3 is 0 Å². The first-order valence-corrected chi connectivity index (χ1v) is 12.4. The average Bonchev–Trinajstić information content (AvgIpc) is 3.57. The number of rotatable bonds is 2. The molecule has 36 heavy (non-hydrogen) atoms. The Morgan fingerprint density at radius 2 is 0.917 bits per heavy atom. The van der Waals surface area contributed by atoms with E-state index in [2.05, 4.69) is 110 Å². The zero-order chi connectivity index (χ0) is 24.6. The maximum Gasteiger partial charge on any atom is 0.0733 e. The second-order valence-electron chi connectivity index (χ2n) is 9.82. The van der Waals surface area contributed by atoms with Crippen LogP contribution in [0, 0.1) is 13.8 Å². The summed E-state index contributed by atoms with van der Waals surface area (Å²) in [5.41, 5.74) is 13.3. The number of fused-ring (bicyclic) bond motifs is 4. The van der Waals surface area contributed by atoms with Crippen LogP contribution in [-0.2, 0) is 0 Å². The summed E-state index contributed by atoms with van der Waals surface area (Å²) in [4.78, 5) is 17.1. The topological polar surface area (TPSA) is 56.3 Å². The summed E-state index contributed by atoms with van der Waals surface area (Å²) in [7, 11) is 0. The van der Waals surface area contributed by atoms with Crippen molar-refractivity contribution in [3.8, 4) is 0 Å². The number of aliphatic imine (C=N–C) groups is 2. The Balaban J connectivity index is 1.36. The molecule has 3 aromatic carbocycles. The lowest BCUT2D eigenvalue weighted by Crippen LogP contribution is -1.98. The van der Waals surface area contributed by atoms with Crippen molar-refractivity contribution in [2.45, 2.75) is 27.7 Å². The lowest BCUT2D eigenvalue weighted by molar-refractivity contribution is 1.26. The number of hydrogen-bond acceptors (Lipinski definition) is 2. The van der Waals surface area contributed by atoms with E-state index in [4.69, 9.17) is 9.98 Å². The van der Waals surface area contributed by atoms with Gasteiger partial charge in [-0.05, 0) is 52.0 Å². The van der Waals surface area contributed by atoms with E-state index in [9.17, 15) is 0 Å². The fourth-order valence-corrected chi connectivity index (χ4v) is 5.71. The van der Waals surface area contributed by atoms with E-state index in [-0.39, 0.29) is 0 Å². The first-order valence-electron chi connectivity index (χ1n) is 12.4. The van der Waals surface area contributed by atoms with Crippen molar-refractivity contribution in [2.24, 2.45) is 9.98 Å². The van der Waals surface area contributed by atoms with Crippen molar-refractivity contribution in [1.82, 2.24) is 9.97 Å². The number of benzene rings is 3. The van der Waals surface area contributed by atoms with Crippen molar-refractivity contribution < 1.29 is 0 Å². The van der Waals surface area contributed by atoms with Crippen LogP contribution in [0.4, 0.5) is 0 Å². The molecule has 2 aliphatic heterocycles. The standard InChI is InChI=1S/C32H26N4/c1-17-21-9-5-7-11-23(21)29(33-17)15-31-27-13-26-20(4)36-32(28(26)14-25(27)19(3)35-31)16-30-24-12-8-6-10-22(24)18(2)34-30/h5-16,33-34H,1-4H3/b31-15-,32-16-. The molecule has 0 saturated heterocycles. The molecule has 0 unspecified atom stereocenters. The van der Waals surface area contributed by atoms with E-state index in [1.807, 2.05) is 0 Å². The van der Waals surface area contributed by atoms with E-state index in [0.29, 0.717) is 0 Å². The Bertz CT molecular complexity index is 1730. The van der Waals surface area contributed by atoms with Gasteiger partial charge in [0.15, 0.2) is 0 Å². The van der Waals surface area contributed by atoms with E-state index in [1.165, 1.54) is 55.2 Å². The van der Waals surface area contributed by atoms with Gasteiger partial charge in [0.2, 0.25) is 0 Å². The summed E-state index contributed by atoms with van der Waals surface area (Å²) in [6.45, 7) is 8.43. The highest BCUT2D eigenvalue weighted by molar-refractivity contribution is 6.18. The summed E-state index contributed by atoms with van der Waals surface area (Å²) in [5.74, 6) is 0. The van der Waals surface area contributed by atoms with Crippen LogP contribution in [0.25, 0.3) is 45.1 Å². The SMILES string of the molecule is CC1=N/C(=C\c2[nH]c(C)c3ccccc23)c2cc3c(cc21)/C(=C/c1[nH]c(C)c2ccccc12)N=C3C. The first-order chi connectivity index (χ1) is 17.5. The zero-order valence-electron chi connectivity index (χ0n) is 20.8. The van der Waals surface area contributed by atoms with Crippen molar-refractivity contribution in [2.75, 3.05) is 0 Å². The molecule has 0 fully saturated rings. The van der Waals surface area contributed by atoms with E-state index in [0.717, 1.165) is 34.2 Å². The van der Waals surface area contributed by atoms with Gasteiger partial charge in [-0.15, -0.1) is 0 Å². The molecule has 0 radical (unpaired) electrons. The van der Waals surface area contributed by atoms with E-state index < -0.39 is 0 Å². The van der Waals surface area contributed by atoms with Crippen LogP contribution in [0.5, 0.6) is 0 Å². The lowest BCUT2D eigenvalue weighted by Gasteiger charge is -2.07. The highest BCUT2D eigenvalue weighted by atomic mass is 14.8. The summed E-state index contributed by atoms with van der Waals surface area (Å²) >= 11 is 0. The second-order valence-corrected chi connectivity index (χ2v) is 9.82. The molecule has 5 aromatic rings. The number of nitrogens with one attached hydrogen (secondary N) is 2. The van der Waals surface area contributed by atoms with Gasteiger partial charge in [-0.2, -0.15) is 0 Å². The number of aromatic amines is 2. The molecule has 4 nitrogen and oxygen atoms in total.